The van der Waals surface area contributed by atoms with Crippen molar-refractivity contribution in [1.29, 1.82) is 0 Å². The number of rotatable bonds is 12. The van der Waals surface area contributed by atoms with Gasteiger partial charge >= 0.3 is 0 Å². The van der Waals surface area contributed by atoms with Gasteiger partial charge < -0.3 is 5.32 Å². The molecule has 1 heteroatoms. The molecule has 1 N–H and O–H groups in total. The maximum Gasteiger partial charge on any atom is 0.00668 e. The van der Waals surface area contributed by atoms with E-state index in [2.05, 4.69) is 33.0 Å². The van der Waals surface area contributed by atoms with E-state index >= 15 is 0 Å². The van der Waals surface area contributed by atoms with E-state index in [1.807, 2.05) is 0 Å². The van der Waals surface area contributed by atoms with Crippen molar-refractivity contribution in [3.63, 3.8) is 0 Å². The molecule has 0 atom stereocenters. The van der Waals surface area contributed by atoms with Crippen LogP contribution in [0.3, 0.4) is 0 Å². The Bertz CT molecular complexity index is 136. The number of unbranched alkanes of at least 4 members (excludes halogenated alkanes) is 3. The van der Waals surface area contributed by atoms with Crippen LogP contribution in [0.2, 0.25) is 0 Å². The summed E-state index contributed by atoms with van der Waals surface area (Å²) in [6.07, 6.45) is 12.3. The van der Waals surface area contributed by atoms with Crippen molar-refractivity contribution < 1.29 is 0 Å². The Labute approximate surface area is 110 Å². The molecule has 0 fully saturated rings. The molecule has 0 saturated heterocycles. The quantitative estimate of drug-likeness (QED) is 0.466. The van der Waals surface area contributed by atoms with E-state index in [1.165, 1.54) is 64.3 Å². The molecule has 17 heavy (non-hydrogen) atoms. The highest BCUT2D eigenvalue weighted by molar-refractivity contribution is 4.65. The van der Waals surface area contributed by atoms with Crippen molar-refractivity contribution in [1.82, 2.24) is 5.32 Å². The zero-order valence-electron chi connectivity index (χ0n) is 12.7. The first-order chi connectivity index (χ1) is 8.20. The molecule has 0 bridgehead atoms. The highest BCUT2D eigenvalue weighted by Gasteiger charge is 2.04. The van der Waals surface area contributed by atoms with Gasteiger partial charge in [0.2, 0.25) is 0 Å². The van der Waals surface area contributed by atoms with Crippen LogP contribution in [0.15, 0.2) is 0 Å². The Morgan fingerprint density at radius 1 is 0.765 bits per heavy atom. The van der Waals surface area contributed by atoms with E-state index in [0.29, 0.717) is 0 Å². The van der Waals surface area contributed by atoms with E-state index in [9.17, 15) is 0 Å². The first-order valence-corrected chi connectivity index (χ1v) is 7.94. The normalized spacial score (nSPS) is 11.6. The summed E-state index contributed by atoms with van der Waals surface area (Å²) in [6.45, 7) is 10.4. The van der Waals surface area contributed by atoms with Gasteiger partial charge in [0.25, 0.3) is 0 Å². The summed E-state index contributed by atoms with van der Waals surface area (Å²) < 4.78 is 0. The van der Waals surface area contributed by atoms with E-state index in [0.717, 1.165) is 12.0 Å². The monoisotopic (exact) mass is 241 g/mol. The van der Waals surface area contributed by atoms with Crippen LogP contribution in [0.5, 0.6) is 0 Å². The summed E-state index contributed by atoms with van der Waals surface area (Å²) >= 11 is 0. The van der Waals surface area contributed by atoms with Crippen LogP contribution >= 0.6 is 0 Å². The highest BCUT2D eigenvalue weighted by atomic mass is 14.9. The molecule has 0 amide bonds. The van der Waals surface area contributed by atoms with Gasteiger partial charge in [-0.15, -0.1) is 0 Å². The number of nitrogens with one attached hydrogen (secondary N) is 1. The van der Waals surface area contributed by atoms with Crippen LogP contribution in [0.25, 0.3) is 0 Å². The molecule has 0 aliphatic carbocycles. The molecule has 0 rings (SSSR count). The lowest BCUT2D eigenvalue weighted by Crippen LogP contribution is -2.29. The zero-order chi connectivity index (χ0) is 12.9. The van der Waals surface area contributed by atoms with Gasteiger partial charge in [0.15, 0.2) is 0 Å². The second-order valence-electron chi connectivity index (χ2n) is 5.83. The average Bonchev–Trinajstić information content (AvgIpc) is 2.28. The summed E-state index contributed by atoms with van der Waals surface area (Å²) in [6, 6.07) is 0.778. The molecule has 0 spiro atoms. The molecule has 0 saturated carbocycles. The largest absolute Gasteiger partial charge is 0.314 e. The zero-order valence-corrected chi connectivity index (χ0v) is 12.7. The van der Waals surface area contributed by atoms with Crippen molar-refractivity contribution in [3.05, 3.63) is 0 Å². The molecule has 0 aliphatic heterocycles. The summed E-state index contributed by atoms with van der Waals surface area (Å²) in [5.74, 6) is 0.881. The van der Waals surface area contributed by atoms with Gasteiger partial charge in [-0.25, -0.2) is 0 Å². The lowest BCUT2D eigenvalue weighted by Gasteiger charge is -2.17. The fourth-order valence-electron chi connectivity index (χ4n) is 2.38. The summed E-state index contributed by atoms with van der Waals surface area (Å²) in [5, 5.41) is 3.72. The lowest BCUT2D eigenvalue weighted by atomic mass is 10.0. The van der Waals surface area contributed by atoms with Gasteiger partial charge in [-0.3, -0.25) is 0 Å². The van der Waals surface area contributed by atoms with E-state index in [1.54, 1.807) is 0 Å². The van der Waals surface area contributed by atoms with Crippen LogP contribution in [0.1, 0.15) is 85.5 Å². The Kier molecular flexibility index (Phi) is 12.4. The predicted octanol–water partition coefficient (Wildman–Crippen LogP) is 5.15. The van der Waals surface area contributed by atoms with Crippen molar-refractivity contribution in [2.45, 2.75) is 91.5 Å². The average molecular weight is 241 g/mol. The van der Waals surface area contributed by atoms with Gasteiger partial charge in [0.05, 0.1) is 0 Å². The van der Waals surface area contributed by atoms with Crippen LogP contribution in [0.4, 0.5) is 0 Å². The third kappa shape index (κ3) is 12.2. The lowest BCUT2D eigenvalue weighted by molar-refractivity contribution is 0.432. The van der Waals surface area contributed by atoms with E-state index in [-0.39, 0.29) is 0 Å². The molecule has 104 valence electrons. The third-order valence-electron chi connectivity index (χ3n) is 3.42. The first kappa shape index (κ1) is 17.0. The Balaban J connectivity index is 3.29. The molecular weight excluding hydrogens is 206 g/mol. The molecule has 0 unspecified atom stereocenters. The molecule has 0 aliphatic rings. The Hall–Kier alpha value is -0.0400. The molecular formula is C16H35N. The Morgan fingerprint density at radius 2 is 1.35 bits per heavy atom. The van der Waals surface area contributed by atoms with Crippen molar-refractivity contribution in [2.75, 3.05) is 6.54 Å². The van der Waals surface area contributed by atoms with Crippen LogP contribution in [0, 0.1) is 5.92 Å². The minimum atomic E-state index is 0.778. The third-order valence-corrected chi connectivity index (χ3v) is 3.42. The highest BCUT2D eigenvalue weighted by Crippen LogP contribution is 2.09. The minimum absolute atomic E-state index is 0.778. The number of hydrogen-bond donors (Lipinski definition) is 1. The fourth-order valence-corrected chi connectivity index (χ4v) is 2.38. The van der Waals surface area contributed by atoms with Gasteiger partial charge in [0.1, 0.15) is 0 Å². The van der Waals surface area contributed by atoms with E-state index in [4.69, 9.17) is 0 Å². The molecule has 0 aromatic heterocycles. The molecule has 0 radical (unpaired) electrons. The van der Waals surface area contributed by atoms with Gasteiger partial charge in [-0.1, -0.05) is 66.2 Å². The summed E-state index contributed by atoms with van der Waals surface area (Å²) in [5.41, 5.74) is 0. The molecule has 0 aromatic carbocycles. The standard InChI is InChI=1S/C16H35N/c1-5-11-16(12-6-2)17-14-10-8-7-9-13-15(3)4/h15-17H,5-14H2,1-4H3. The topological polar surface area (TPSA) is 12.0 Å². The van der Waals surface area contributed by atoms with Gasteiger partial charge in [-0.2, -0.15) is 0 Å². The number of hydrogen-bond acceptors (Lipinski definition) is 1. The van der Waals surface area contributed by atoms with Gasteiger partial charge in [0, 0.05) is 6.04 Å². The van der Waals surface area contributed by atoms with Crippen LogP contribution in [-0.4, -0.2) is 12.6 Å². The summed E-state index contributed by atoms with van der Waals surface area (Å²) in [4.78, 5) is 0. The summed E-state index contributed by atoms with van der Waals surface area (Å²) in [7, 11) is 0. The van der Waals surface area contributed by atoms with Crippen LogP contribution < -0.4 is 5.32 Å². The Morgan fingerprint density at radius 3 is 1.88 bits per heavy atom. The van der Waals surface area contributed by atoms with Crippen molar-refractivity contribution in [2.24, 2.45) is 5.92 Å². The predicted molar refractivity (Wildman–Crippen MR) is 79.5 cm³/mol. The minimum Gasteiger partial charge on any atom is -0.314 e. The first-order valence-electron chi connectivity index (χ1n) is 7.94. The SMILES string of the molecule is CCCC(CCC)NCCCCCCC(C)C. The molecule has 1 nitrogen and oxygen atoms in total. The molecule has 0 aromatic rings. The van der Waals surface area contributed by atoms with Gasteiger partial charge in [-0.05, 0) is 31.7 Å². The van der Waals surface area contributed by atoms with Crippen molar-refractivity contribution in [3.8, 4) is 0 Å². The second kappa shape index (κ2) is 12.4. The molecule has 0 heterocycles. The second-order valence-corrected chi connectivity index (χ2v) is 5.83. The fraction of sp³-hybridized carbons (Fsp3) is 1.00. The van der Waals surface area contributed by atoms with E-state index < -0.39 is 0 Å². The van der Waals surface area contributed by atoms with Crippen molar-refractivity contribution >= 4 is 0 Å². The smallest absolute Gasteiger partial charge is 0.00668 e. The maximum atomic E-state index is 3.72. The maximum absolute atomic E-state index is 3.72. The van der Waals surface area contributed by atoms with Crippen LogP contribution in [-0.2, 0) is 0 Å².